The van der Waals surface area contributed by atoms with Crippen LogP contribution < -0.4 is 5.32 Å². The Labute approximate surface area is 198 Å². The molecular formula is C24H14Cl2N4O3. The van der Waals surface area contributed by atoms with Crippen molar-refractivity contribution in [2.45, 2.75) is 0 Å². The van der Waals surface area contributed by atoms with Crippen molar-refractivity contribution in [3.05, 3.63) is 94.8 Å². The highest BCUT2D eigenvalue weighted by Gasteiger charge is 2.18. The Bertz CT molecular complexity index is 1450. The van der Waals surface area contributed by atoms with Gasteiger partial charge in [-0.15, -0.1) is 0 Å². The van der Waals surface area contributed by atoms with E-state index in [1.165, 1.54) is 0 Å². The summed E-state index contributed by atoms with van der Waals surface area (Å²) in [7, 11) is 0. The Morgan fingerprint density at radius 2 is 1.76 bits per heavy atom. The van der Waals surface area contributed by atoms with Crippen LogP contribution in [0.4, 0.5) is 5.69 Å². The van der Waals surface area contributed by atoms with Crippen molar-refractivity contribution in [2.24, 2.45) is 0 Å². The summed E-state index contributed by atoms with van der Waals surface area (Å²) in [5, 5.41) is 7.66. The predicted molar refractivity (Wildman–Crippen MR) is 125 cm³/mol. The van der Waals surface area contributed by atoms with Crippen LogP contribution in [0.2, 0.25) is 10.0 Å². The Balaban J connectivity index is 1.39. The Hall–Kier alpha value is -3.94. The largest absolute Gasteiger partial charge is 0.451 e. The normalized spacial score (nSPS) is 10.8. The van der Waals surface area contributed by atoms with Crippen molar-refractivity contribution in [1.82, 2.24) is 15.1 Å². The molecule has 0 aliphatic carbocycles. The Morgan fingerprint density at radius 3 is 2.58 bits per heavy atom. The molecule has 5 rings (SSSR count). The number of anilines is 1. The third kappa shape index (κ3) is 4.37. The third-order valence-corrected chi connectivity index (χ3v) is 5.50. The lowest BCUT2D eigenvalue weighted by molar-refractivity contribution is 0.0997. The first kappa shape index (κ1) is 20.9. The van der Waals surface area contributed by atoms with Crippen molar-refractivity contribution in [3.63, 3.8) is 0 Å². The molecule has 1 amide bonds. The summed E-state index contributed by atoms with van der Waals surface area (Å²) in [5.74, 6) is 0.791. The average Bonchev–Trinajstić information content (AvgIpc) is 3.52. The second kappa shape index (κ2) is 8.90. The van der Waals surface area contributed by atoms with Gasteiger partial charge in [-0.25, -0.2) is 0 Å². The molecule has 0 saturated carbocycles. The van der Waals surface area contributed by atoms with E-state index in [4.69, 9.17) is 32.1 Å². The number of carbonyl (C=O) groups excluding carboxylic acids is 1. The fourth-order valence-electron chi connectivity index (χ4n) is 3.16. The topological polar surface area (TPSA) is 94.1 Å². The van der Waals surface area contributed by atoms with Gasteiger partial charge in [-0.3, -0.25) is 9.78 Å². The van der Waals surface area contributed by atoms with Gasteiger partial charge in [0.25, 0.3) is 11.8 Å². The lowest BCUT2D eigenvalue weighted by atomic mass is 10.1. The first-order valence-corrected chi connectivity index (χ1v) is 10.6. The molecule has 0 bridgehead atoms. The summed E-state index contributed by atoms with van der Waals surface area (Å²) in [6.07, 6.45) is 1.65. The second-order valence-corrected chi connectivity index (χ2v) is 7.75. The number of hydrogen-bond donors (Lipinski definition) is 1. The summed E-state index contributed by atoms with van der Waals surface area (Å²) in [5.41, 5.74) is 2.35. The maximum absolute atomic E-state index is 12.9. The van der Waals surface area contributed by atoms with Crippen LogP contribution in [-0.2, 0) is 0 Å². The number of aromatic nitrogens is 3. The van der Waals surface area contributed by atoms with E-state index in [0.717, 1.165) is 0 Å². The molecule has 0 aliphatic heterocycles. The number of furan rings is 1. The van der Waals surface area contributed by atoms with E-state index in [-0.39, 0.29) is 11.7 Å². The number of benzene rings is 2. The molecule has 0 saturated heterocycles. The van der Waals surface area contributed by atoms with E-state index >= 15 is 0 Å². The van der Waals surface area contributed by atoms with Gasteiger partial charge < -0.3 is 14.3 Å². The fraction of sp³-hybridized carbons (Fsp3) is 0. The molecule has 33 heavy (non-hydrogen) atoms. The van der Waals surface area contributed by atoms with E-state index < -0.39 is 5.91 Å². The summed E-state index contributed by atoms with van der Waals surface area (Å²) in [6.45, 7) is 0. The molecule has 7 nitrogen and oxygen atoms in total. The maximum Gasteiger partial charge on any atom is 0.291 e. The molecule has 0 fully saturated rings. The van der Waals surface area contributed by atoms with Gasteiger partial charge in [0, 0.05) is 11.8 Å². The Kier molecular flexibility index (Phi) is 5.64. The summed E-state index contributed by atoms with van der Waals surface area (Å²) >= 11 is 12.0. The molecular weight excluding hydrogens is 463 g/mol. The van der Waals surface area contributed by atoms with E-state index in [9.17, 15) is 4.79 Å². The second-order valence-electron chi connectivity index (χ2n) is 6.93. The zero-order valence-electron chi connectivity index (χ0n) is 16.8. The van der Waals surface area contributed by atoms with Crippen LogP contribution in [0.15, 0.2) is 87.9 Å². The van der Waals surface area contributed by atoms with Crippen molar-refractivity contribution in [3.8, 4) is 34.3 Å². The molecule has 1 N–H and O–H groups in total. The third-order valence-electron chi connectivity index (χ3n) is 4.76. The van der Waals surface area contributed by atoms with Gasteiger partial charge in [0.2, 0.25) is 5.82 Å². The maximum atomic E-state index is 12.9. The lowest BCUT2D eigenvalue weighted by Gasteiger charge is -2.07. The average molecular weight is 477 g/mol. The number of hydrogen-bond acceptors (Lipinski definition) is 6. The van der Waals surface area contributed by atoms with E-state index in [0.29, 0.717) is 44.1 Å². The first-order chi connectivity index (χ1) is 16.1. The molecule has 2 aromatic carbocycles. The lowest BCUT2D eigenvalue weighted by Crippen LogP contribution is -2.11. The first-order valence-electron chi connectivity index (χ1n) is 9.79. The zero-order chi connectivity index (χ0) is 22.8. The SMILES string of the molecule is O=C(Nc1ccccc1-c1nc(-c2ccccn2)no1)c1ccc(-c2ccc(Cl)c(Cl)c2)o1. The Morgan fingerprint density at radius 1 is 0.909 bits per heavy atom. The smallest absolute Gasteiger partial charge is 0.291 e. The van der Waals surface area contributed by atoms with Crippen LogP contribution in [-0.4, -0.2) is 21.0 Å². The van der Waals surface area contributed by atoms with Gasteiger partial charge in [0.1, 0.15) is 11.5 Å². The van der Waals surface area contributed by atoms with Crippen molar-refractivity contribution in [2.75, 3.05) is 5.32 Å². The minimum absolute atomic E-state index is 0.130. The predicted octanol–water partition coefficient (Wildman–Crippen LogP) is 6.62. The fourth-order valence-corrected chi connectivity index (χ4v) is 3.46. The van der Waals surface area contributed by atoms with Gasteiger partial charge >= 0.3 is 0 Å². The molecule has 0 radical (unpaired) electrons. The monoisotopic (exact) mass is 476 g/mol. The van der Waals surface area contributed by atoms with Crippen LogP contribution in [0.3, 0.4) is 0 Å². The number of amides is 1. The van der Waals surface area contributed by atoms with E-state index in [2.05, 4.69) is 20.4 Å². The van der Waals surface area contributed by atoms with Crippen LogP contribution in [0.5, 0.6) is 0 Å². The van der Waals surface area contributed by atoms with Crippen LogP contribution in [0.1, 0.15) is 10.6 Å². The quantitative estimate of drug-likeness (QED) is 0.306. The van der Waals surface area contributed by atoms with Crippen molar-refractivity contribution >= 4 is 34.8 Å². The number of halogens is 2. The van der Waals surface area contributed by atoms with Crippen LogP contribution in [0, 0.1) is 0 Å². The molecule has 0 aliphatic rings. The molecule has 0 unspecified atom stereocenters. The molecule has 162 valence electrons. The standard InChI is InChI=1S/C24H14Cl2N4O3/c25-16-9-8-14(13-17(16)26)20-10-11-21(32-20)23(31)28-18-6-2-1-5-15(18)24-29-22(30-33-24)19-7-3-4-12-27-19/h1-13H,(H,28,31). The highest BCUT2D eigenvalue weighted by molar-refractivity contribution is 6.42. The number of pyridine rings is 1. The van der Waals surface area contributed by atoms with Gasteiger partial charge in [-0.1, -0.05) is 46.6 Å². The van der Waals surface area contributed by atoms with Gasteiger partial charge in [-0.05, 0) is 54.6 Å². The van der Waals surface area contributed by atoms with Gasteiger partial charge in [0.15, 0.2) is 5.76 Å². The molecule has 0 atom stereocenters. The number of carbonyl (C=O) groups is 1. The van der Waals surface area contributed by atoms with Gasteiger partial charge in [0.05, 0.1) is 21.3 Å². The molecule has 5 aromatic rings. The molecule has 0 spiro atoms. The number of para-hydroxylation sites is 1. The molecule has 9 heteroatoms. The summed E-state index contributed by atoms with van der Waals surface area (Å²) < 4.78 is 11.1. The van der Waals surface area contributed by atoms with Crippen molar-refractivity contribution in [1.29, 1.82) is 0 Å². The molecule has 3 heterocycles. The van der Waals surface area contributed by atoms with Crippen LogP contribution in [0.25, 0.3) is 34.3 Å². The number of rotatable bonds is 5. The minimum atomic E-state index is -0.432. The van der Waals surface area contributed by atoms with Crippen molar-refractivity contribution < 1.29 is 13.7 Å². The highest BCUT2D eigenvalue weighted by Crippen LogP contribution is 2.31. The van der Waals surface area contributed by atoms with Crippen LogP contribution >= 0.6 is 23.2 Å². The summed E-state index contributed by atoms with van der Waals surface area (Å²) in [4.78, 5) is 21.5. The molecule has 3 aromatic heterocycles. The van der Waals surface area contributed by atoms with E-state index in [1.54, 1.807) is 66.9 Å². The highest BCUT2D eigenvalue weighted by atomic mass is 35.5. The number of nitrogens with one attached hydrogen (secondary N) is 1. The van der Waals surface area contributed by atoms with Gasteiger partial charge in [-0.2, -0.15) is 4.98 Å². The summed E-state index contributed by atoms with van der Waals surface area (Å²) in [6, 6.07) is 20.9. The van der Waals surface area contributed by atoms with E-state index in [1.807, 2.05) is 12.1 Å². The number of nitrogens with zero attached hydrogens (tertiary/aromatic N) is 3. The minimum Gasteiger partial charge on any atom is -0.451 e. The zero-order valence-corrected chi connectivity index (χ0v) is 18.3.